The minimum Gasteiger partial charge on any atom is -0.506 e. The van der Waals surface area contributed by atoms with E-state index in [1.165, 1.54) is 23.8 Å². The van der Waals surface area contributed by atoms with E-state index < -0.39 is 5.91 Å². The summed E-state index contributed by atoms with van der Waals surface area (Å²) in [5, 5.41) is 15.7. The van der Waals surface area contributed by atoms with Crippen molar-refractivity contribution in [2.45, 2.75) is 12.8 Å². The molecule has 0 aromatic heterocycles. The first kappa shape index (κ1) is 27.4. The summed E-state index contributed by atoms with van der Waals surface area (Å²) >= 11 is 5.90. The van der Waals surface area contributed by atoms with Crippen molar-refractivity contribution in [3.05, 3.63) is 112 Å². The zero-order valence-electron chi connectivity index (χ0n) is 22.1. The summed E-state index contributed by atoms with van der Waals surface area (Å²) < 4.78 is 0. The maximum absolute atomic E-state index is 13.2. The van der Waals surface area contributed by atoms with E-state index in [9.17, 15) is 14.7 Å². The highest BCUT2D eigenvalue weighted by atomic mass is 35.5. The Hall–Kier alpha value is -4.20. The van der Waals surface area contributed by atoms with E-state index in [0.29, 0.717) is 6.42 Å². The molecule has 0 atom stereocenters. The lowest BCUT2D eigenvalue weighted by molar-refractivity contribution is -0.132. The van der Waals surface area contributed by atoms with Gasteiger partial charge in [0.05, 0.1) is 17.7 Å². The predicted molar refractivity (Wildman–Crippen MR) is 159 cm³/mol. The first-order valence-electron chi connectivity index (χ1n) is 13.3. The van der Waals surface area contributed by atoms with Gasteiger partial charge in [0, 0.05) is 43.9 Å². The van der Waals surface area contributed by atoms with Crippen LogP contribution < -0.4 is 5.43 Å². The summed E-state index contributed by atoms with van der Waals surface area (Å²) in [5.74, 6) is -0.396. The number of fused-ring (bicyclic) bond motifs is 1. The Labute approximate surface area is 238 Å². The van der Waals surface area contributed by atoms with Crippen LogP contribution in [0.2, 0.25) is 5.02 Å². The van der Waals surface area contributed by atoms with Crippen LogP contribution in [0.1, 0.15) is 27.0 Å². The third-order valence-electron chi connectivity index (χ3n) is 7.25. The highest BCUT2D eigenvalue weighted by Gasteiger charge is 2.21. The summed E-state index contributed by atoms with van der Waals surface area (Å²) in [4.78, 5) is 30.0. The van der Waals surface area contributed by atoms with Crippen LogP contribution in [0, 0.1) is 0 Å². The number of hydrogen-bond donors (Lipinski definition) is 2. The third kappa shape index (κ3) is 6.68. The van der Waals surface area contributed by atoms with Gasteiger partial charge in [0.1, 0.15) is 5.75 Å². The van der Waals surface area contributed by atoms with Gasteiger partial charge in [-0.3, -0.25) is 14.5 Å². The molecule has 7 nitrogen and oxygen atoms in total. The number of hydrazone groups is 1. The molecule has 2 amide bonds. The second-order valence-corrected chi connectivity index (χ2v) is 10.3. The van der Waals surface area contributed by atoms with Crippen molar-refractivity contribution < 1.29 is 14.7 Å². The number of carbonyl (C=O) groups excluding carboxylic acids is 2. The number of nitrogens with one attached hydrogen (secondary N) is 1. The van der Waals surface area contributed by atoms with Crippen LogP contribution in [0.25, 0.3) is 10.8 Å². The van der Waals surface area contributed by atoms with E-state index in [2.05, 4.69) is 39.7 Å². The Morgan fingerprint density at radius 2 is 1.62 bits per heavy atom. The molecule has 0 spiro atoms. The van der Waals surface area contributed by atoms with Gasteiger partial charge in [-0.15, -0.1) is 0 Å². The van der Waals surface area contributed by atoms with E-state index in [1.54, 1.807) is 6.21 Å². The quantitative estimate of drug-likeness (QED) is 0.240. The maximum atomic E-state index is 13.2. The van der Waals surface area contributed by atoms with Crippen LogP contribution in [0.15, 0.2) is 90.0 Å². The van der Waals surface area contributed by atoms with Gasteiger partial charge in [0.15, 0.2) is 0 Å². The summed E-state index contributed by atoms with van der Waals surface area (Å²) in [5.41, 5.74) is 5.91. The van der Waals surface area contributed by atoms with Gasteiger partial charge >= 0.3 is 0 Å². The van der Waals surface area contributed by atoms with Crippen LogP contribution in [0.5, 0.6) is 5.75 Å². The smallest absolute Gasteiger partial charge is 0.271 e. The topological polar surface area (TPSA) is 85.2 Å². The molecule has 1 fully saturated rings. The summed E-state index contributed by atoms with van der Waals surface area (Å²) in [6, 6.07) is 26.5. The average molecular weight is 555 g/mol. The van der Waals surface area contributed by atoms with Crippen LogP contribution in [0.4, 0.5) is 0 Å². The van der Waals surface area contributed by atoms with E-state index in [4.69, 9.17) is 11.6 Å². The van der Waals surface area contributed by atoms with Gasteiger partial charge in [-0.1, -0.05) is 78.3 Å². The number of hydrogen-bond acceptors (Lipinski definition) is 5. The number of rotatable bonds is 8. The maximum Gasteiger partial charge on any atom is 0.271 e. The number of aromatic hydroxyl groups is 1. The molecule has 1 heterocycles. The van der Waals surface area contributed by atoms with Gasteiger partial charge in [-0.05, 0) is 46.5 Å². The van der Waals surface area contributed by atoms with Gasteiger partial charge in [0.25, 0.3) is 5.91 Å². The number of phenols is 1. The SMILES string of the molecule is O=C(N/N=C/c1ccc(CC(=O)N2CCN(CCc3ccccc3)CC2)c2ccccc12)c1ccc(O)c(Cl)c1. The Bertz CT molecular complexity index is 1530. The number of halogens is 1. The second kappa shape index (κ2) is 12.8. The molecule has 0 radical (unpaired) electrons. The molecule has 40 heavy (non-hydrogen) atoms. The molecule has 8 heteroatoms. The molecule has 204 valence electrons. The summed E-state index contributed by atoms with van der Waals surface area (Å²) in [6.07, 6.45) is 2.94. The molecule has 0 unspecified atom stereocenters. The molecule has 4 aromatic carbocycles. The largest absolute Gasteiger partial charge is 0.506 e. The van der Waals surface area contributed by atoms with E-state index >= 15 is 0 Å². The van der Waals surface area contributed by atoms with Gasteiger partial charge in [-0.25, -0.2) is 5.43 Å². The van der Waals surface area contributed by atoms with Crippen molar-refractivity contribution in [2.24, 2.45) is 5.10 Å². The number of piperazine rings is 1. The molecular formula is C32H31ClN4O3. The van der Waals surface area contributed by atoms with E-state index in [0.717, 1.165) is 61.0 Å². The Balaban J connectivity index is 1.19. The number of phenolic OH excluding ortho intramolecular Hbond substituents is 1. The van der Waals surface area contributed by atoms with E-state index in [-0.39, 0.29) is 22.2 Å². The van der Waals surface area contributed by atoms with Crippen LogP contribution in [-0.4, -0.2) is 65.7 Å². The number of benzene rings is 4. The Morgan fingerprint density at radius 3 is 2.38 bits per heavy atom. The monoisotopic (exact) mass is 554 g/mol. The fraction of sp³-hybridized carbons (Fsp3) is 0.219. The van der Waals surface area contributed by atoms with Gasteiger partial charge in [-0.2, -0.15) is 5.10 Å². The van der Waals surface area contributed by atoms with Crippen molar-refractivity contribution in [1.29, 1.82) is 0 Å². The fourth-order valence-corrected chi connectivity index (χ4v) is 5.13. The highest BCUT2D eigenvalue weighted by molar-refractivity contribution is 6.32. The minimum atomic E-state index is -0.440. The van der Waals surface area contributed by atoms with Crippen molar-refractivity contribution in [3.63, 3.8) is 0 Å². The van der Waals surface area contributed by atoms with Crippen molar-refractivity contribution in [3.8, 4) is 5.75 Å². The zero-order valence-corrected chi connectivity index (χ0v) is 22.8. The molecule has 4 aromatic rings. The van der Waals surface area contributed by atoms with Gasteiger partial charge in [0.2, 0.25) is 5.91 Å². The number of nitrogens with zero attached hydrogens (tertiary/aromatic N) is 3. The summed E-state index contributed by atoms with van der Waals surface area (Å²) in [7, 11) is 0. The molecule has 0 bridgehead atoms. The molecule has 5 rings (SSSR count). The molecule has 1 aliphatic heterocycles. The molecule has 2 N–H and O–H groups in total. The van der Waals surface area contributed by atoms with Crippen LogP contribution >= 0.6 is 11.6 Å². The fourth-order valence-electron chi connectivity index (χ4n) is 4.95. The zero-order chi connectivity index (χ0) is 27.9. The van der Waals surface area contributed by atoms with Gasteiger partial charge < -0.3 is 10.0 Å². The lowest BCUT2D eigenvalue weighted by Gasteiger charge is -2.35. The lowest BCUT2D eigenvalue weighted by Crippen LogP contribution is -2.49. The first-order valence-corrected chi connectivity index (χ1v) is 13.7. The second-order valence-electron chi connectivity index (χ2n) is 9.86. The molecule has 0 saturated carbocycles. The third-order valence-corrected chi connectivity index (χ3v) is 7.56. The Morgan fingerprint density at radius 1 is 0.900 bits per heavy atom. The lowest BCUT2D eigenvalue weighted by atomic mass is 9.97. The van der Waals surface area contributed by atoms with E-state index in [1.807, 2.05) is 47.4 Å². The molecule has 1 saturated heterocycles. The van der Waals surface area contributed by atoms with Crippen LogP contribution in [0.3, 0.4) is 0 Å². The van der Waals surface area contributed by atoms with Crippen molar-refractivity contribution in [2.75, 3.05) is 32.7 Å². The highest BCUT2D eigenvalue weighted by Crippen LogP contribution is 2.24. The number of carbonyl (C=O) groups is 2. The summed E-state index contributed by atoms with van der Waals surface area (Å²) in [6.45, 7) is 4.25. The molecular weight excluding hydrogens is 524 g/mol. The molecule has 1 aliphatic rings. The minimum absolute atomic E-state index is 0.0899. The van der Waals surface area contributed by atoms with Crippen molar-refractivity contribution >= 4 is 40.4 Å². The predicted octanol–water partition coefficient (Wildman–Crippen LogP) is 4.89. The van der Waals surface area contributed by atoms with Crippen LogP contribution in [-0.2, 0) is 17.6 Å². The first-order chi connectivity index (χ1) is 19.5. The number of amides is 2. The standard InChI is InChI=1S/C32H31ClN4O3/c33-29-20-25(12-13-30(29)38)32(40)35-34-22-26-11-10-24(27-8-4-5-9-28(26)27)21-31(39)37-18-16-36(17-19-37)15-14-23-6-2-1-3-7-23/h1-13,20,22,38H,14-19,21H2,(H,35,40)/b34-22+. The molecule has 0 aliphatic carbocycles. The average Bonchev–Trinajstić information content (AvgIpc) is 2.99. The Kier molecular flexibility index (Phi) is 8.74. The normalized spacial score (nSPS) is 14.1. The van der Waals surface area contributed by atoms with Crippen molar-refractivity contribution in [1.82, 2.24) is 15.2 Å².